The van der Waals surface area contributed by atoms with Crippen molar-refractivity contribution in [3.63, 3.8) is 0 Å². The number of para-hydroxylation sites is 1. The molecule has 0 saturated carbocycles. The van der Waals surface area contributed by atoms with E-state index in [0.29, 0.717) is 19.0 Å². The molecule has 5 heteroatoms. The molecule has 1 aliphatic rings. The lowest BCUT2D eigenvalue weighted by molar-refractivity contribution is -0.116. The summed E-state index contributed by atoms with van der Waals surface area (Å²) < 4.78 is 13.4. The smallest absolute Gasteiger partial charge is 0.225 e. The molecular formula is C14H20FN3O. The van der Waals surface area contributed by atoms with Crippen LogP contribution in [-0.4, -0.2) is 43.0 Å². The predicted molar refractivity (Wildman–Crippen MR) is 73.6 cm³/mol. The molecule has 4 nitrogen and oxygen atoms in total. The molecule has 1 amide bonds. The fourth-order valence-corrected chi connectivity index (χ4v) is 2.24. The molecule has 0 radical (unpaired) electrons. The molecule has 1 atom stereocenters. The van der Waals surface area contributed by atoms with Gasteiger partial charge in [-0.15, -0.1) is 0 Å². The summed E-state index contributed by atoms with van der Waals surface area (Å²) in [5.41, 5.74) is 0.251. The van der Waals surface area contributed by atoms with Crippen LogP contribution in [0.5, 0.6) is 0 Å². The summed E-state index contributed by atoms with van der Waals surface area (Å²) in [6, 6.07) is 6.66. The normalized spacial score (nSPS) is 20.2. The lowest BCUT2D eigenvalue weighted by atomic mass is 10.2. The third-order valence-electron chi connectivity index (χ3n) is 3.41. The highest BCUT2D eigenvalue weighted by molar-refractivity contribution is 5.90. The van der Waals surface area contributed by atoms with Gasteiger partial charge in [-0.25, -0.2) is 4.39 Å². The number of rotatable bonds is 4. The number of hydrogen-bond donors (Lipinski definition) is 2. The van der Waals surface area contributed by atoms with Crippen LogP contribution in [0.3, 0.4) is 0 Å². The molecular weight excluding hydrogens is 245 g/mol. The SMILES string of the molecule is C[C@@H]1CNCCN1CCC(=O)Nc1ccccc1F. The molecule has 1 aromatic rings. The van der Waals surface area contributed by atoms with E-state index in [0.717, 1.165) is 19.6 Å². The molecule has 1 fully saturated rings. The minimum atomic E-state index is -0.397. The summed E-state index contributed by atoms with van der Waals surface area (Å²) >= 11 is 0. The molecule has 1 saturated heterocycles. The molecule has 0 aromatic heterocycles. The molecule has 1 heterocycles. The number of nitrogens with one attached hydrogen (secondary N) is 2. The first-order valence-electron chi connectivity index (χ1n) is 6.66. The van der Waals surface area contributed by atoms with Crippen molar-refractivity contribution in [3.05, 3.63) is 30.1 Å². The van der Waals surface area contributed by atoms with Crippen LogP contribution in [0.15, 0.2) is 24.3 Å². The third-order valence-corrected chi connectivity index (χ3v) is 3.41. The van der Waals surface area contributed by atoms with Crippen LogP contribution in [0.4, 0.5) is 10.1 Å². The van der Waals surface area contributed by atoms with Gasteiger partial charge in [-0.1, -0.05) is 12.1 Å². The van der Waals surface area contributed by atoms with Crippen molar-refractivity contribution in [2.75, 3.05) is 31.5 Å². The summed E-state index contributed by atoms with van der Waals surface area (Å²) in [7, 11) is 0. The van der Waals surface area contributed by atoms with Crippen LogP contribution in [0.25, 0.3) is 0 Å². The van der Waals surface area contributed by atoms with Crippen molar-refractivity contribution in [2.24, 2.45) is 0 Å². The van der Waals surface area contributed by atoms with Crippen LogP contribution in [0.1, 0.15) is 13.3 Å². The minimum absolute atomic E-state index is 0.143. The van der Waals surface area contributed by atoms with E-state index in [9.17, 15) is 9.18 Å². The Balaban J connectivity index is 1.80. The fourth-order valence-electron chi connectivity index (χ4n) is 2.24. The van der Waals surface area contributed by atoms with Crippen molar-refractivity contribution in [1.82, 2.24) is 10.2 Å². The zero-order chi connectivity index (χ0) is 13.7. The van der Waals surface area contributed by atoms with E-state index in [1.54, 1.807) is 18.2 Å². The average molecular weight is 265 g/mol. The Labute approximate surface area is 113 Å². The van der Waals surface area contributed by atoms with Gasteiger partial charge >= 0.3 is 0 Å². The maximum absolute atomic E-state index is 13.4. The maximum Gasteiger partial charge on any atom is 0.225 e. The van der Waals surface area contributed by atoms with Crippen molar-refractivity contribution < 1.29 is 9.18 Å². The van der Waals surface area contributed by atoms with Crippen molar-refractivity contribution in [3.8, 4) is 0 Å². The number of nitrogens with zero attached hydrogens (tertiary/aromatic N) is 1. The van der Waals surface area contributed by atoms with Gasteiger partial charge in [0.15, 0.2) is 0 Å². The number of amides is 1. The summed E-state index contributed by atoms with van der Waals surface area (Å²) in [4.78, 5) is 14.1. The van der Waals surface area contributed by atoms with Crippen LogP contribution in [0, 0.1) is 5.82 Å². The Hall–Kier alpha value is -1.46. The monoisotopic (exact) mass is 265 g/mol. The Morgan fingerprint density at radius 1 is 1.53 bits per heavy atom. The van der Waals surface area contributed by atoms with E-state index >= 15 is 0 Å². The van der Waals surface area contributed by atoms with Crippen LogP contribution >= 0.6 is 0 Å². The van der Waals surface area contributed by atoms with E-state index < -0.39 is 5.82 Å². The van der Waals surface area contributed by atoms with Crippen molar-refractivity contribution >= 4 is 11.6 Å². The van der Waals surface area contributed by atoms with Gasteiger partial charge in [-0.3, -0.25) is 9.69 Å². The molecule has 0 bridgehead atoms. The zero-order valence-corrected chi connectivity index (χ0v) is 11.2. The van der Waals surface area contributed by atoms with Gasteiger partial charge in [-0.05, 0) is 19.1 Å². The van der Waals surface area contributed by atoms with Gasteiger partial charge in [0.1, 0.15) is 5.82 Å². The molecule has 2 N–H and O–H groups in total. The number of carbonyl (C=O) groups excluding carboxylic acids is 1. The highest BCUT2D eigenvalue weighted by Gasteiger charge is 2.18. The standard InChI is InChI=1S/C14H20FN3O/c1-11-10-16-7-9-18(11)8-6-14(19)17-13-5-3-2-4-12(13)15/h2-5,11,16H,6-10H2,1H3,(H,17,19)/t11-/m1/s1. The molecule has 2 rings (SSSR count). The summed E-state index contributed by atoms with van der Waals surface area (Å²) in [5.74, 6) is -0.540. The van der Waals surface area contributed by atoms with E-state index in [1.165, 1.54) is 6.07 Å². The average Bonchev–Trinajstić information content (AvgIpc) is 2.40. The van der Waals surface area contributed by atoms with Gasteiger partial charge in [0.25, 0.3) is 0 Å². The zero-order valence-electron chi connectivity index (χ0n) is 11.2. The van der Waals surface area contributed by atoms with Gasteiger partial charge < -0.3 is 10.6 Å². The number of hydrogen-bond acceptors (Lipinski definition) is 3. The molecule has 19 heavy (non-hydrogen) atoms. The number of carbonyl (C=O) groups is 1. The van der Waals surface area contributed by atoms with Crippen molar-refractivity contribution in [1.29, 1.82) is 0 Å². The highest BCUT2D eigenvalue weighted by atomic mass is 19.1. The second-order valence-corrected chi connectivity index (χ2v) is 4.87. The Morgan fingerprint density at radius 2 is 2.32 bits per heavy atom. The second kappa shape index (κ2) is 6.63. The summed E-state index contributed by atoms with van der Waals surface area (Å²) in [5, 5.41) is 5.92. The summed E-state index contributed by atoms with van der Waals surface area (Å²) in [6.07, 6.45) is 0.388. The summed E-state index contributed by atoms with van der Waals surface area (Å²) in [6.45, 7) is 5.71. The van der Waals surface area contributed by atoms with Gasteiger partial charge in [0.05, 0.1) is 5.69 Å². The molecule has 0 spiro atoms. The quantitative estimate of drug-likeness (QED) is 0.866. The molecule has 0 aliphatic carbocycles. The molecule has 1 aromatic carbocycles. The largest absolute Gasteiger partial charge is 0.324 e. The van der Waals surface area contributed by atoms with E-state index in [2.05, 4.69) is 22.5 Å². The number of benzene rings is 1. The van der Waals surface area contributed by atoms with Crippen LogP contribution in [0.2, 0.25) is 0 Å². The molecule has 104 valence electrons. The highest BCUT2D eigenvalue weighted by Crippen LogP contribution is 2.12. The van der Waals surface area contributed by atoms with Crippen LogP contribution < -0.4 is 10.6 Å². The number of piperazine rings is 1. The Kier molecular flexibility index (Phi) is 4.87. The van der Waals surface area contributed by atoms with Gasteiger partial charge in [0.2, 0.25) is 5.91 Å². The maximum atomic E-state index is 13.4. The van der Waals surface area contributed by atoms with Gasteiger partial charge in [0, 0.05) is 38.6 Å². The molecule has 1 aliphatic heterocycles. The van der Waals surface area contributed by atoms with Crippen molar-refractivity contribution in [2.45, 2.75) is 19.4 Å². The second-order valence-electron chi connectivity index (χ2n) is 4.87. The van der Waals surface area contributed by atoms with Crippen LogP contribution in [-0.2, 0) is 4.79 Å². The molecule has 0 unspecified atom stereocenters. The lowest BCUT2D eigenvalue weighted by Crippen LogP contribution is -2.50. The number of halogens is 1. The Morgan fingerprint density at radius 3 is 3.05 bits per heavy atom. The topological polar surface area (TPSA) is 44.4 Å². The van der Waals surface area contributed by atoms with E-state index in [1.807, 2.05) is 0 Å². The minimum Gasteiger partial charge on any atom is -0.324 e. The van der Waals surface area contributed by atoms with E-state index in [4.69, 9.17) is 0 Å². The fraction of sp³-hybridized carbons (Fsp3) is 0.500. The van der Waals surface area contributed by atoms with E-state index in [-0.39, 0.29) is 11.6 Å². The van der Waals surface area contributed by atoms with Gasteiger partial charge in [-0.2, -0.15) is 0 Å². The Bertz CT molecular complexity index is 438. The third kappa shape index (κ3) is 4.01. The predicted octanol–water partition coefficient (Wildman–Crippen LogP) is 1.45. The lowest BCUT2D eigenvalue weighted by Gasteiger charge is -2.33. The first-order valence-corrected chi connectivity index (χ1v) is 6.66. The number of anilines is 1. The first-order chi connectivity index (χ1) is 9.16. The first kappa shape index (κ1) is 14.0.